The van der Waals surface area contributed by atoms with E-state index < -0.39 is 0 Å². The quantitative estimate of drug-likeness (QED) is 0.568. The maximum atomic E-state index is 6.08. The van der Waals surface area contributed by atoms with Crippen LogP contribution in [0.5, 0.6) is 0 Å². The molecule has 0 aliphatic carbocycles. The number of likely N-dealkylation sites (tertiary alicyclic amines) is 1. The molecule has 0 spiro atoms. The Balaban J connectivity index is 1.31. The molecular weight excluding hydrogens is 330 g/mol. The Kier molecular flexibility index (Phi) is 6.30. The van der Waals surface area contributed by atoms with E-state index >= 15 is 0 Å². The highest BCUT2D eigenvalue weighted by Crippen LogP contribution is 2.23. The second kappa shape index (κ2) is 8.87. The summed E-state index contributed by atoms with van der Waals surface area (Å²) in [6.45, 7) is 13.1. The van der Waals surface area contributed by atoms with Gasteiger partial charge >= 0.3 is 0 Å². The van der Waals surface area contributed by atoms with Crippen molar-refractivity contribution >= 4 is 5.96 Å². The molecule has 0 bridgehead atoms. The van der Waals surface area contributed by atoms with E-state index in [0.717, 1.165) is 71.6 Å². The van der Waals surface area contributed by atoms with Gasteiger partial charge in [-0.2, -0.15) is 0 Å². The van der Waals surface area contributed by atoms with E-state index in [4.69, 9.17) is 14.5 Å². The minimum Gasteiger partial charge on any atom is -0.379 e. The average molecular weight is 366 g/mol. The van der Waals surface area contributed by atoms with E-state index in [2.05, 4.69) is 26.9 Å². The van der Waals surface area contributed by atoms with Gasteiger partial charge in [0.15, 0.2) is 5.96 Å². The second-order valence-corrected chi connectivity index (χ2v) is 7.98. The third-order valence-corrected chi connectivity index (χ3v) is 6.27. The first-order valence-electron chi connectivity index (χ1n) is 10.5. The van der Waals surface area contributed by atoms with Gasteiger partial charge in [0.2, 0.25) is 0 Å². The standard InChI is InChI=1S/C19H35N5O2/c1-2-20-19(21-12-18-14-23-6-3-4-17(23)15-26-18)24-7-5-16(13-24)22-8-10-25-11-9-22/h16-18H,2-15H2,1H3,(H,20,21). The molecule has 4 heterocycles. The zero-order valence-electron chi connectivity index (χ0n) is 16.2. The highest BCUT2D eigenvalue weighted by atomic mass is 16.5. The third kappa shape index (κ3) is 4.32. The van der Waals surface area contributed by atoms with Gasteiger partial charge < -0.3 is 19.7 Å². The molecule has 0 amide bonds. The number of nitrogens with one attached hydrogen (secondary N) is 1. The molecule has 0 aromatic carbocycles. The summed E-state index contributed by atoms with van der Waals surface area (Å²) in [5.41, 5.74) is 0. The Morgan fingerprint density at radius 2 is 1.92 bits per heavy atom. The highest BCUT2D eigenvalue weighted by Gasteiger charge is 2.33. The summed E-state index contributed by atoms with van der Waals surface area (Å²) < 4.78 is 11.6. The fourth-order valence-corrected chi connectivity index (χ4v) is 4.79. The van der Waals surface area contributed by atoms with Gasteiger partial charge in [-0.25, -0.2) is 0 Å². The Morgan fingerprint density at radius 3 is 2.77 bits per heavy atom. The van der Waals surface area contributed by atoms with Gasteiger partial charge in [-0.3, -0.25) is 14.8 Å². The number of ether oxygens (including phenoxy) is 2. The first kappa shape index (κ1) is 18.5. The summed E-state index contributed by atoms with van der Waals surface area (Å²) in [7, 11) is 0. The molecule has 3 unspecified atom stereocenters. The molecule has 7 nitrogen and oxygen atoms in total. The molecule has 3 atom stereocenters. The van der Waals surface area contributed by atoms with Crippen molar-refractivity contribution in [2.75, 3.05) is 72.2 Å². The van der Waals surface area contributed by atoms with Crippen molar-refractivity contribution in [1.29, 1.82) is 0 Å². The molecule has 1 N–H and O–H groups in total. The van der Waals surface area contributed by atoms with E-state index in [1.807, 2.05) is 0 Å². The molecule has 4 saturated heterocycles. The minimum absolute atomic E-state index is 0.246. The summed E-state index contributed by atoms with van der Waals surface area (Å²) in [4.78, 5) is 12.6. The largest absolute Gasteiger partial charge is 0.379 e. The monoisotopic (exact) mass is 365 g/mol. The van der Waals surface area contributed by atoms with Crippen molar-refractivity contribution in [1.82, 2.24) is 20.0 Å². The first-order chi connectivity index (χ1) is 12.8. The normalized spacial score (nSPS) is 34.3. The lowest BCUT2D eigenvalue weighted by Gasteiger charge is -2.35. The number of nitrogens with zero attached hydrogens (tertiary/aromatic N) is 4. The van der Waals surface area contributed by atoms with Gasteiger partial charge in [-0.05, 0) is 32.7 Å². The molecular formula is C19H35N5O2. The molecule has 4 fully saturated rings. The summed E-state index contributed by atoms with van der Waals surface area (Å²) in [6, 6.07) is 1.30. The minimum atomic E-state index is 0.246. The predicted octanol–water partition coefficient (Wildman–Crippen LogP) is 0.222. The summed E-state index contributed by atoms with van der Waals surface area (Å²) in [5, 5.41) is 3.50. The van der Waals surface area contributed by atoms with Crippen molar-refractivity contribution in [3.63, 3.8) is 0 Å². The smallest absolute Gasteiger partial charge is 0.194 e. The molecule has 7 heteroatoms. The second-order valence-electron chi connectivity index (χ2n) is 7.98. The van der Waals surface area contributed by atoms with Crippen LogP contribution < -0.4 is 5.32 Å². The fourth-order valence-electron chi connectivity index (χ4n) is 4.79. The SMILES string of the molecule is CCNC(=NCC1CN2CCCC2CO1)N1CCC(N2CCOCC2)C1. The number of fused-ring (bicyclic) bond motifs is 1. The van der Waals surface area contributed by atoms with E-state index in [1.165, 1.54) is 25.8 Å². The molecule has 148 valence electrons. The van der Waals surface area contributed by atoms with Crippen LogP contribution in [-0.2, 0) is 9.47 Å². The van der Waals surface area contributed by atoms with E-state index in [-0.39, 0.29) is 6.10 Å². The molecule has 0 aromatic heterocycles. The van der Waals surface area contributed by atoms with Gasteiger partial charge in [-0.15, -0.1) is 0 Å². The molecule has 0 aromatic rings. The van der Waals surface area contributed by atoms with Crippen LogP contribution in [0.2, 0.25) is 0 Å². The number of aliphatic imine (C=N–C) groups is 1. The number of guanidine groups is 1. The first-order valence-corrected chi connectivity index (χ1v) is 10.5. The average Bonchev–Trinajstić information content (AvgIpc) is 3.35. The zero-order chi connectivity index (χ0) is 17.8. The molecule has 26 heavy (non-hydrogen) atoms. The Hall–Kier alpha value is -0.890. The Labute approximate surface area is 157 Å². The lowest BCUT2D eigenvalue weighted by atomic mass is 10.2. The van der Waals surface area contributed by atoms with Crippen LogP contribution in [0.15, 0.2) is 4.99 Å². The fraction of sp³-hybridized carbons (Fsp3) is 0.947. The maximum absolute atomic E-state index is 6.08. The number of morpholine rings is 2. The van der Waals surface area contributed by atoms with Crippen molar-refractivity contribution in [2.24, 2.45) is 4.99 Å². The lowest BCUT2D eigenvalue weighted by molar-refractivity contribution is -0.0432. The van der Waals surface area contributed by atoms with Crippen molar-refractivity contribution in [3.8, 4) is 0 Å². The molecule has 4 rings (SSSR count). The van der Waals surface area contributed by atoms with Crippen LogP contribution in [0.1, 0.15) is 26.2 Å². The van der Waals surface area contributed by atoms with Gasteiger partial charge in [0.25, 0.3) is 0 Å². The van der Waals surface area contributed by atoms with Crippen molar-refractivity contribution in [2.45, 2.75) is 44.4 Å². The number of hydrogen-bond acceptors (Lipinski definition) is 5. The lowest BCUT2D eigenvalue weighted by Crippen LogP contribution is -2.48. The van der Waals surface area contributed by atoms with Crippen LogP contribution in [0, 0.1) is 0 Å². The Bertz CT molecular complexity index is 483. The van der Waals surface area contributed by atoms with Crippen LogP contribution >= 0.6 is 0 Å². The van der Waals surface area contributed by atoms with Crippen molar-refractivity contribution in [3.05, 3.63) is 0 Å². The van der Waals surface area contributed by atoms with Gasteiger partial charge in [-0.1, -0.05) is 0 Å². The summed E-state index contributed by atoms with van der Waals surface area (Å²) in [5.74, 6) is 1.07. The molecule has 0 saturated carbocycles. The topological polar surface area (TPSA) is 52.6 Å². The van der Waals surface area contributed by atoms with Crippen LogP contribution in [0.25, 0.3) is 0 Å². The molecule has 0 radical (unpaired) electrons. The van der Waals surface area contributed by atoms with E-state index in [9.17, 15) is 0 Å². The van der Waals surface area contributed by atoms with Gasteiger partial charge in [0, 0.05) is 51.4 Å². The highest BCUT2D eigenvalue weighted by molar-refractivity contribution is 5.80. The Morgan fingerprint density at radius 1 is 1.04 bits per heavy atom. The number of rotatable bonds is 4. The van der Waals surface area contributed by atoms with Crippen LogP contribution in [0.4, 0.5) is 0 Å². The van der Waals surface area contributed by atoms with Crippen LogP contribution in [-0.4, -0.2) is 111 Å². The van der Waals surface area contributed by atoms with Crippen molar-refractivity contribution < 1.29 is 9.47 Å². The van der Waals surface area contributed by atoms with Crippen LogP contribution in [0.3, 0.4) is 0 Å². The van der Waals surface area contributed by atoms with E-state index in [0.29, 0.717) is 12.1 Å². The third-order valence-electron chi connectivity index (χ3n) is 6.27. The predicted molar refractivity (Wildman–Crippen MR) is 103 cm³/mol. The molecule has 4 aliphatic heterocycles. The zero-order valence-corrected chi connectivity index (χ0v) is 16.2. The number of hydrogen-bond donors (Lipinski definition) is 1. The maximum Gasteiger partial charge on any atom is 0.194 e. The summed E-state index contributed by atoms with van der Waals surface area (Å²) in [6.07, 6.45) is 4.09. The van der Waals surface area contributed by atoms with E-state index in [1.54, 1.807) is 0 Å². The van der Waals surface area contributed by atoms with Gasteiger partial charge in [0.05, 0.1) is 32.5 Å². The van der Waals surface area contributed by atoms with Gasteiger partial charge in [0.1, 0.15) is 0 Å². The molecule has 4 aliphatic rings. The summed E-state index contributed by atoms with van der Waals surface area (Å²) >= 11 is 0.